The van der Waals surface area contributed by atoms with Crippen LogP contribution < -0.4 is 15.8 Å². The van der Waals surface area contributed by atoms with Crippen molar-refractivity contribution >= 4 is 40.9 Å². The highest BCUT2D eigenvalue weighted by molar-refractivity contribution is 8.00. The van der Waals surface area contributed by atoms with E-state index in [4.69, 9.17) is 22.1 Å². The Morgan fingerprint density at radius 1 is 1.46 bits per heavy atom. The average Bonchev–Trinajstić information content (AvgIpc) is 2.55. The zero-order chi connectivity index (χ0) is 17.7. The molecule has 2 aromatic rings. The highest BCUT2D eigenvalue weighted by Crippen LogP contribution is 2.32. The Morgan fingerprint density at radius 3 is 2.83 bits per heavy atom. The van der Waals surface area contributed by atoms with E-state index < -0.39 is 0 Å². The molecule has 2 rings (SSSR count). The fourth-order valence-corrected chi connectivity index (χ4v) is 2.94. The Balaban J connectivity index is 2.16. The molecule has 1 unspecified atom stereocenters. The van der Waals surface area contributed by atoms with Gasteiger partial charge in [0.2, 0.25) is 11.9 Å². The van der Waals surface area contributed by atoms with Crippen LogP contribution >= 0.6 is 23.4 Å². The van der Waals surface area contributed by atoms with E-state index in [1.807, 2.05) is 13.8 Å². The molecule has 1 amide bonds. The molecule has 7 nitrogen and oxygen atoms in total. The first-order valence-corrected chi connectivity index (χ1v) is 8.46. The third-order valence-electron chi connectivity index (χ3n) is 3.22. The first kappa shape index (κ1) is 18.3. The van der Waals surface area contributed by atoms with Gasteiger partial charge < -0.3 is 15.8 Å². The molecule has 0 radical (unpaired) electrons. The van der Waals surface area contributed by atoms with Crippen molar-refractivity contribution in [1.29, 1.82) is 0 Å². The van der Waals surface area contributed by atoms with E-state index in [-0.39, 0.29) is 17.1 Å². The molecule has 1 heterocycles. The maximum Gasteiger partial charge on any atom is 0.238 e. The van der Waals surface area contributed by atoms with Gasteiger partial charge in [0.05, 0.1) is 18.0 Å². The van der Waals surface area contributed by atoms with Crippen LogP contribution in [0.3, 0.4) is 0 Å². The number of anilines is 2. The van der Waals surface area contributed by atoms with Gasteiger partial charge in [0.15, 0.2) is 5.16 Å². The van der Waals surface area contributed by atoms with Gasteiger partial charge in [-0.05, 0) is 25.0 Å². The topological polar surface area (TPSA) is 103 Å². The molecule has 1 aromatic heterocycles. The third-order valence-corrected chi connectivity index (χ3v) is 4.86. The zero-order valence-electron chi connectivity index (χ0n) is 13.5. The number of carbonyl (C=O) groups is 1. The second kappa shape index (κ2) is 8.16. The van der Waals surface area contributed by atoms with E-state index in [0.29, 0.717) is 28.0 Å². The Hall–Kier alpha value is -2.06. The van der Waals surface area contributed by atoms with E-state index in [0.717, 1.165) is 5.56 Å². The maximum absolute atomic E-state index is 12.6. The lowest BCUT2D eigenvalue weighted by molar-refractivity contribution is -0.115. The molecule has 1 aromatic carbocycles. The van der Waals surface area contributed by atoms with E-state index in [1.165, 1.54) is 25.2 Å². The summed E-state index contributed by atoms with van der Waals surface area (Å²) >= 11 is 7.31. The lowest BCUT2D eigenvalue weighted by atomic mass is 10.2. The Bertz CT molecular complexity index is 744. The van der Waals surface area contributed by atoms with Gasteiger partial charge in [-0.3, -0.25) is 4.79 Å². The van der Waals surface area contributed by atoms with Gasteiger partial charge in [0.25, 0.3) is 0 Å². The quantitative estimate of drug-likeness (QED) is 0.756. The van der Waals surface area contributed by atoms with Crippen LogP contribution in [0.4, 0.5) is 11.6 Å². The normalized spacial score (nSPS) is 11.8. The van der Waals surface area contributed by atoms with Crippen molar-refractivity contribution in [2.75, 3.05) is 18.2 Å². The molecule has 0 fully saturated rings. The first-order valence-electron chi connectivity index (χ1n) is 7.20. The smallest absolute Gasteiger partial charge is 0.238 e. The molecular formula is C15H18ClN5O2S. The number of aromatic nitrogens is 3. The fraction of sp³-hybridized carbons (Fsp3) is 0.333. The molecule has 9 heteroatoms. The Labute approximate surface area is 149 Å². The van der Waals surface area contributed by atoms with Crippen LogP contribution in [-0.4, -0.2) is 33.2 Å². The fourth-order valence-electron chi connectivity index (χ4n) is 1.94. The standard InChI is InChI=1S/C15H18ClN5O2S/c1-4-12(24-15-19-7-18-14(17)21-15)13(22)20-10-5-8(2)9(16)6-11(10)23-3/h5-7,12H,4H2,1-3H3,(H,20,22)(H2,17,18,19,21). The number of nitrogen functional groups attached to an aromatic ring is 1. The number of benzene rings is 1. The number of nitrogens with one attached hydrogen (secondary N) is 1. The van der Waals surface area contributed by atoms with Crippen LogP contribution in [0, 0.1) is 6.92 Å². The number of thioether (sulfide) groups is 1. The predicted molar refractivity (Wildman–Crippen MR) is 95.5 cm³/mol. The summed E-state index contributed by atoms with van der Waals surface area (Å²) in [5.41, 5.74) is 6.95. The second-order valence-corrected chi connectivity index (χ2v) is 6.51. The SMILES string of the molecule is CCC(Sc1ncnc(N)n1)C(=O)Nc1cc(C)c(Cl)cc1OC. The van der Waals surface area contributed by atoms with E-state index in [2.05, 4.69) is 20.3 Å². The summed E-state index contributed by atoms with van der Waals surface area (Å²) in [7, 11) is 1.52. The van der Waals surface area contributed by atoms with Crippen molar-refractivity contribution in [3.05, 3.63) is 29.0 Å². The van der Waals surface area contributed by atoms with Gasteiger partial charge in [-0.25, -0.2) is 9.97 Å². The number of carbonyl (C=O) groups excluding carboxylic acids is 1. The summed E-state index contributed by atoms with van der Waals surface area (Å²) in [5, 5.41) is 3.47. The van der Waals surface area contributed by atoms with E-state index in [9.17, 15) is 4.79 Å². The summed E-state index contributed by atoms with van der Waals surface area (Å²) in [5.74, 6) is 0.447. The molecular weight excluding hydrogens is 350 g/mol. The van der Waals surface area contributed by atoms with Crippen LogP contribution in [0.1, 0.15) is 18.9 Å². The van der Waals surface area contributed by atoms with E-state index >= 15 is 0 Å². The minimum atomic E-state index is -0.382. The lowest BCUT2D eigenvalue weighted by Crippen LogP contribution is -2.25. The van der Waals surface area contributed by atoms with Crippen LogP contribution in [0.5, 0.6) is 5.75 Å². The molecule has 0 aliphatic carbocycles. The summed E-state index contributed by atoms with van der Waals surface area (Å²) < 4.78 is 5.27. The van der Waals surface area contributed by atoms with Gasteiger partial charge in [0, 0.05) is 11.1 Å². The predicted octanol–water partition coefficient (Wildman–Crippen LogP) is 2.93. The number of amides is 1. The molecule has 0 bridgehead atoms. The molecule has 128 valence electrons. The van der Waals surface area contributed by atoms with Crippen molar-refractivity contribution in [3.8, 4) is 5.75 Å². The average molecular weight is 368 g/mol. The van der Waals surface area contributed by atoms with Crippen LogP contribution in [-0.2, 0) is 4.79 Å². The van der Waals surface area contributed by atoms with Crippen molar-refractivity contribution in [2.45, 2.75) is 30.7 Å². The maximum atomic E-state index is 12.6. The number of aryl methyl sites for hydroxylation is 1. The largest absolute Gasteiger partial charge is 0.495 e. The van der Waals surface area contributed by atoms with Crippen molar-refractivity contribution in [3.63, 3.8) is 0 Å². The van der Waals surface area contributed by atoms with Crippen molar-refractivity contribution in [2.24, 2.45) is 0 Å². The zero-order valence-corrected chi connectivity index (χ0v) is 15.1. The second-order valence-electron chi connectivity index (χ2n) is 4.93. The number of hydrogen-bond acceptors (Lipinski definition) is 7. The number of nitrogens with zero attached hydrogens (tertiary/aromatic N) is 3. The summed E-state index contributed by atoms with van der Waals surface area (Å²) in [6.45, 7) is 3.77. The first-order chi connectivity index (χ1) is 11.4. The lowest BCUT2D eigenvalue weighted by Gasteiger charge is -2.16. The molecule has 0 aliphatic heterocycles. The van der Waals surface area contributed by atoms with Gasteiger partial charge in [-0.2, -0.15) is 4.98 Å². The van der Waals surface area contributed by atoms with E-state index in [1.54, 1.807) is 12.1 Å². The number of methoxy groups -OCH3 is 1. The third kappa shape index (κ3) is 4.48. The van der Waals surface area contributed by atoms with Gasteiger partial charge in [-0.1, -0.05) is 30.3 Å². The molecule has 0 saturated heterocycles. The molecule has 0 spiro atoms. The van der Waals surface area contributed by atoms with Crippen molar-refractivity contribution in [1.82, 2.24) is 15.0 Å². The number of halogens is 1. The van der Waals surface area contributed by atoms with Crippen LogP contribution in [0.15, 0.2) is 23.6 Å². The van der Waals surface area contributed by atoms with Gasteiger partial charge in [0.1, 0.15) is 12.1 Å². The van der Waals surface area contributed by atoms with Gasteiger partial charge >= 0.3 is 0 Å². The Kier molecular flexibility index (Phi) is 6.22. The summed E-state index contributed by atoms with van der Waals surface area (Å²) in [6, 6.07) is 3.45. The monoisotopic (exact) mass is 367 g/mol. The minimum Gasteiger partial charge on any atom is -0.495 e. The molecule has 0 aliphatic rings. The van der Waals surface area contributed by atoms with Crippen molar-refractivity contribution < 1.29 is 9.53 Å². The van der Waals surface area contributed by atoms with Gasteiger partial charge in [-0.15, -0.1) is 0 Å². The number of hydrogen-bond donors (Lipinski definition) is 2. The molecule has 0 saturated carbocycles. The summed E-state index contributed by atoms with van der Waals surface area (Å²) in [6.07, 6.45) is 1.91. The number of nitrogens with two attached hydrogens (primary N) is 1. The molecule has 1 atom stereocenters. The highest BCUT2D eigenvalue weighted by Gasteiger charge is 2.21. The van der Waals surface area contributed by atoms with Crippen LogP contribution in [0.2, 0.25) is 5.02 Å². The van der Waals surface area contributed by atoms with Crippen LogP contribution in [0.25, 0.3) is 0 Å². The number of rotatable bonds is 6. The molecule has 24 heavy (non-hydrogen) atoms. The summed E-state index contributed by atoms with van der Waals surface area (Å²) in [4.78, 5) is 24.3. The number of ether oxygens (including phenoxy) is 1. The highest BCUT2D eigenvalue weighted by atomic mass is 35.5. The Morgan fingerprint density at radius 2 is 2.21 bits per heavy atom. The molecule has 3 N–H and O–H groups in total. The minimum absolute atomic E-state index is 0.123.